The van der Waals surface area contributed by atoms with Gasteiger partial charge in [-0.05, 0) is 132 Å². The van der Waals surface area contributed by atoms with Crippen LogP contribution in [0.1, 0.15) is 0 Å². The molecule has 0 aliphatic carbocycles. The van der Waals surface area contributed by atoms with Crippen molar-refractivity contribution in [2.75, 3.05) is 0 Å². The molecule has 4 aromatic heterocycles. The molecule has 0 atom stereocenters. The van der Waals surface area contributed by atoms with Crippen LogP contribution in [-0.2, 0) is 0 Å². The smallest absolute Gasteiger partial charge is 0.235 e. The van der Waals surface area contributed by atoms with Gasteiger partial charge in [0.05, 0.1) is 44.5 Å². The Balaban J connectivity index is 0.838. The van der Waals surface area contributed by atoms with E-state index in [1.807, 2.05) is 0 Å². The minimum absolute atomic E-state index is 0.669. The third-order valence-electron chi connectivity index (χ3n) is 17.1. The monoisotopic (exact) mass is 1050 g/mol. The van der Waals surface area contributed by atoms with Gasteiger partial charge in [-0.2, -0.15) is 0 Å². The van der Waals surface area contributed by atoms with Crippen molar-refractivity contribution in [3.05, 3.63) is 231 Å². The van der Waals surface area contributed by atoms with Gasteiger partial charge >= 0.3 is 0 Å². The van der Waals surface area contributed by atoms with Crippen molar-refractivity contribution in [2.24, 2.45) is 0 Å². The van der Waals surface area contributed by atoms with Crippen molar-refractivity contribution >= 4 is 143 Å². The molecule has 2 aliphatic heterocycles. The Morgan fingerprint density at radius 1 is 0.263 bits per heavy atom. The van der Waals surface area contributed by atoms with Crippen molar-refractivity contribution in [3.63, 3.8) is 0 Å². The van der Waals surface area contributed by atoms with Gasteiger partial charge in [-0.15, -0.1) is 0 Å². The van der Waals surface area contributed by atoms with Gasteiger partial charge in [-0.3, -0.25) is 9.13 Å². The third-order valence-corrected chi connectivity index (χ3v) is 19.3. The predicted molar refractivity (Wildman–Crippen MR) is 333 cm³/mol. The van der Waals surface area contributed by atoms with E-state index in [-0.39, 0.29) is 0 Å². The van der Waals surface area contributed by atoms with Crippen LogP contribution in [0.2, 0.25) is 0 Å². The maximum atomic E-state index is 5.55. The van der Waals surface area contributed by atoms with Gasteiger partial charge < -0.3 is 0 Å². The fourth-order valence-corrected chi connectivity index (χ4v) is 15.9. The SMILES string of the molecule is c1ccc2c(c1)Sc1cccc3nc(-n4c5ccccc5c5cc6c7ccccc7c7cc(-c8ccc9c(c8)c8ccccc8c8c%10ccccc%10n(-c%10nc%11c%12c(cccc%12n%10)Sc%10ccccc%10-%11)c98)ccc7c6cc54)nc-2c13. The number of hydrogen-bond donors (Lipinski definition) is 0. The summed E-state index contributed by atoms with van der Waals surface area (Å²) in [6.07, 6.45) is 0. The van der Waals surface area contributed by atoms with Crippen LogP contribution in [0.4, 0.5) is 0 Å². The standard InChI is InChI=1S/C72H38N6S2/c1-2-16-42-41(15-1)51-35-39(31-33-44(51)54-38-60-55(37-53(42)54)45-18-5-9-25-58(45)77(60)71-73-56-23-13-29-63-66(56)68(75-71)49-21-7-11-27-61(49)79-63)40-32-34-47-52(36-40)43-17-3-4-19-46(43)65-48-20-6-10-26-59(48)78(70(47)65)72-74-57-24-14-30-64-67(57)69(76-72)50-22-8-12-28-62(50)80-64/h1-38H. The topological polar surface area (TPSA) is 61.4 Å². The first-order chi connectivity index (χ1) is 39.7. The second-order valence-electron chi connectivity index (χ2n) is 21.2. The lowest BCUT2D eigenvalue weighted by Crippen LogP contribution is -2.06. The molecule has 0 saturated heterocycles. The lowest BCUT2D eigenvalue weighted by molar-refractivity contribution is 1.01. The Kier molecular flexibility index (Phi) is 8.57. The van der Waals surface area contributed by atoms with Gasteiger partial charge in [0, 0.05) is 68.4 Å². The summed E-state index contributed by atoms with van der Waals surface area (Å²) in [5.74, 6) is 1.34. The Morgan fingerprint density at radius 3 is 1.35 bits per heavy atom. The number of rotatable bonds is 3. The fraction of sp³-hybridized carbons (Fsp3) is 0. The lowest BCUT2D eigenvalue weighted by Gasteiger charge is -2.20. The summed E-state index contributed by atoms with van der Waals surface area (Å²) >= 11 is 3.59. The van der Waals surface area contributed by atoms with Crippen LogP contribution in [0.25, 0.3) is 165 Å². The largest absolute Gasteiger partial charge is 0.278 e. The van der Waals surface area contributed by atoms with Crippen LogP contribution in [-0.4, -0.2) is 29.1 Å². The van der Waals surface area contributed by atoms with Crippen molar-refractivity contribution in [1.29, 1.82) is 0 Å². The maximum Gasteiger partial charge on any atom is 0.235 e. The molecule has 80 heavy (non-hydrogen) atoms. The summed E-state index contributed by atoms with van der Waals surface area (Å²) in [5, 5.41) is 19.0. The zero-order chi connectivity index (χ0) is 51.9. The summed E-state index contributed by atoms with van der Waals surface area (Å²) in [5.41, 5.74) is 12.8. The van der Waals surface area contributed by atoms with E-state index >= 15 is 0 Å². The summed E-state index contributed by atoms with van der Waals surface area (Å²) < 4.78 is 4.62. The maximum absolute atomic E-state index is 5.55. The number of aromatic nitrogens is 6. The molecule has 0 unspecified atom stereocenters. The molecule has 8 heteroatoms. The molecule has 0 spiro atoms. The molecule has 19 rings (SSSR count). The first kappa shape index (κ1) is 43.2. The Hall–Kier alpha value is -9.86. The van der Waals surface area contributed by atoms with Gasteiger partial charge in [-0.25, -0.2) is 19.9 Å². The Labute approximate surface area is 464 Å². The molecule has 17 aromatic rings. The molecule has 0 bridgehead atoms. The van der Waals surface area contributed by atoms with E-state index < -0.39 is 0 Å². The molecule has 0 amide bonds. The highest BCUT2D eigenvalue weighted by Gasteiger charge is 2.28. The number of fused-ring (bicyclic) bond motifs is 21. The van der Waals surface area contributed by atoms with Gasteiger partial charge in [0.1, 0.15) is 0 Å². The summed E-state index contributed by atoms with van der Waals surface area (Å²) in [6.45, 7) is 0. The molecule has 0 saturated carbocycles. The summed E-state index contributed by atoms with van der Waals surface area (Å²) in [4.78, 5) is 26.7. The molecule has 0 N–H and O–H groups in total. The predicted octanol–water partition coefficient (Wildman–Crippen LogP) is 19.5. The zero-order valence-electron chi connectivity index (χ0n) is 42.4. The Bertz CT molecular complexity index is 5700. The van der Waals surface area contributed by atoms with E-state index in [9.17, 15) is 0 Å². The molecule has 368 valence electrons. The molecule has 0 fully saturated rings. The molecular formula is C72H38N6S2. The van der Waals surface area contributed by atoms with E-state index in [4.69, 9.17) is 19.9 Å². The van der Waals surface area contributed by atoms with Crippen LogP contribution in [0.5, 0.6) is 0 Å². The Morgan fingerprint density at radius 2 is 0.713 bits per heavy atom. The average molecular weight is 1050 g/mol. The highest BCUT2D eigenvalue weighted by Crippen LogP contribution is 2.51. The van der Waals surface area contributed by atoms with E-state index in [2.05, 4.69) is 240 Å². The molecule has 6 nitrogen and oxygen atoms in total. The molecule has 2 aliphatic rings. The van der Waals surface area contributed by atoms with Crippen LogP contribution < -0.4 is 0 Å². The summed E-state index contributed by atoms with van der Waals surface area (Å²) in [7, 11) is 0. The molecular weight excluding hydrogens is 1010 g/mol. The van der Waals surface area contributed by atoms with E-state index in [0.717, 1.165) is 82.9 Å². The quantitative estimate of drug-likeness (QED) is 0.164. The highest BCUT2D eigenvalue weighted by atomic mass is 32.2. The first-order valence-electron chi connectivity index (χ1n) is 27.0. The minimum Gasteiger partial charge on any atom is -0.278 e. The minimum atomic E-state index is 0.669. The van der Waals surface area contributed by atoms with Crippen LogP contribution in [0.15, 0.2) is 250 Å². The van der Waals surface area contributed by atoms with Crippen LogP contribution in [0, 0.1) is 0 Å². The van der Waals surface area contributed by atoms with Crippen molar-refractivity contribution in [3.8, 4) is 45.5 Å². The number of nitrogens with zero attached hydrogens (tertiary/aromatic N) is 6. The van der Waals surface area contributed by atoms with Gasteiger partial charge in [0.2, 0.25) is 11.9 Å². The average Bonchev–Trinajstić information content (AvgIpc) is 4.17. The van der Waals surface area contributed by atoms with E-state index in [0.29, 0.717) is 11.9 Å². The highest BCUT2D eigenvalue weighted by molar-refractivity contribution is 8.00. The zero-order valence-corrected chi connectivity index (χ0v) is 44.1. The number of benzene rings is 13. The number of para-hydroxylation sites is 2. The van der Waals surface area contributed by atoms with Gasteiger partial charge in [0.15, 0.2) is 0 Å². The second kappa shape index (κ2) is 15.9. The second-order valence-corrected chi connectivity index (χ2v) is 23.4. The van der Waals surface area contributed by atoms with Crippen LogP contribution in [0.3, 0.4) is 0 Å². The fourth-order valence-electron chi connectivity index (χ4n) is 13.7. The van der Waals surface area contributed by atoms with E-state index in [1.165, 1.54) is 89.6 Å². The normalized spacial score (nSPS) is 12.9. The van der Waals surface area contributed by atoms with Gasteiger partial charge in [-0.1, -0.05) is 181 Å². The third kappa shape index (κ3) is 5.80. The van der Waals surface area contributed by atoms with E-state index in [1.54, 1.807) is 23.5 Å². The molecule has 0 radical (unpaired) electrons. The number of hydrogen-bond acceptors (Lipinski definition) is 6. The van der Waals surface area contributed by atoms with Crippen molar-refractivity contribution in [1.82, 2.24) is 29.1 Å². The van der Waals surface area contributed by atoms with Crippen molar-refractivity contribution in [2.45, 2.75) is 19.6 Å². The van der Waals surface area contributed by atoms with Gasteiger partial charge in [0.25, 0.3) is 0 Å². The molecule has 6 heterocycles. The van der Waals surface area contributed by atoms with Crippen LogP contribution >= 0.6 is 23.5 Å². The molecule has 13 aromatic carbocycles. The summed E-state index contributed by atoms with van der Waals surface area (Å²) in [6, 6.07) is 84.4. The first-order valence-corrected chi connectivity index (χ1v) is 28.7. The lowest BCUT2D eigenvalue weighted by atomic mass is 9.90. The van der Waals surface area contributed by atoms with Crippen molar-refractivity contribution < 1.29 is 0 Å².